The number of benzene rings is 2. The Balaban J connectivity index is 0.000000249. The Morgan fingerprint density at radius 1 is 0.680 bits per heavy atom. The van der Waals surface area contributed by atoms with Gasteiger partial charge >= 0.3 is 11.9 Å². The van der Waals surface area contributed by atoms with Crippen molar-refractivity contribution in [2.45, 2.75) is 145 Å². The summed E-state index contributed by atoms with van der Waals surface area (Å²) in [5.41, 5.74) is 1.66. The van der Waals surface area contributed by atoms with Crippen LogP contribution in [0.5, 0.6) is 11.5 Å². The molecule has 4 saturated carbocycles. The zero-order chi connectivity index (χ0) is 37.6. The quantitative estimate of drug-likeness (QED) is 0.158. The summed E-state index contributed by atoms with van der Waals surface area (Å²) in [6, 6.07) is 14.9. The molecular weight excluding hydrogens is 628 g/mol. The van der Waals surface area contributed by atoms with Gasteiger partial charge in [0.1, 0.15) is 11.5 Å². The van der Waals surface area contributed by atoms with Crippen molar-refractivity contribution in [3.63, 3.8) is 0 Å². The third kappa shape index (κ3) is 13.2. The number of phenolic OH excluding ortho intramolecular Hbond substituents is 2. The maximum absolute atomic E-state index is 11.9. The Bertz CT molecular complexity index is 1200. The van der Waals surface area contributed by atoms with Crippen molar-refractivity contribution in [1.82, 2.24) is 0 Å². The second-order valence-electron chi connectivity index (χ2n) is 16.2. The fraction of sp³-hybridized carbons (Fsp3) is 0.674. The van der Waals surface area contributed by atoms with E-state index < -0.39 is 16.8 Å². The minimum Gasteiger partial charge on any atom is -0.508 e. The predicted molar refractivity (Wildman–Crippen MR) is 202 cm³/mol. The number of aromatic hydroxyl groups is 2. The van der Waals surface area contributed by atoms with Gasteiger partial charge < -0.3 is 24.8 Å². The topological polar surface area (TPSA) is 113 Å². The fourth-order valence-corrected chi connectivity index (χ4v) is 6.88. The van der Waals surface area contributed by atoms with Gasteiger partial charge in [-0.15, -0.1) is 0 Å². The van der Waals surface area contributed by atoms with Gasteiger partial charge in [0.05, 0.1) is 16.9 Å². The highest BCUT2D eigenvalue weighted by Crippen LogP contribution is 2.54. The number of hydrogen-bond acceptors (Lipinski definition) is 6. The van der Waals surface area contributed by atoms with Gasteiger partial charge in [0.2, 0.25) is 0 Å². The van der Waals surface area contributed by atoms with Gasteiger partial charge in [-0.05, 0) is 156 Å². The molecule has 2 aromatic carbocycles. The minimum absolute atomic E-state index is 0.135. The molecule has 7 nitrogen and oxygen atoms in total. The van der Waals surface area contributed by atoms with Crippen LogP contribution >= 0.6 is 0 Å². The van der Waals surface area contributed by atoms with Crippen LogP contribution in [0.1, 0.15) is 150 Å². The number of esters is 1. The van der Waals surface area contributed by atoms with Crippen LogP contribution in [0.15, 0.2) is 48.5 Å². The molecule has 2 atom stereocenters. The average Bonchev–Trinajstić information content (AvgIpc) is 3.09. The van der Waals surface area contributed by atoms with E-state index in [4.69, 9.17) is 24.8 Å². The first-order valence-corrected chi connectivity index (χ1v) is 19.1. The van der Waals surface area contributed by atoms with Crippen molar-refractivity contribution >= 4 is 11.9 Å². The maximum atomic E-state index is 11.9. The van der Waals surface area contributed by atoms with E-state index >= 15 is 0 Å². The van der Waals surface area contributed by atoms with E-state index in [1.807, 2.05) is 52.0 Å². The second-order valence-corrected chi connectivity index (χ2v) is 16.2. The third-order valence-corrected chi connectivity index (χ3v) is 11.6. The Kier molecular flexibility index (Phi) is 17.3. The number of carboxylic acid groups (broad SMARTS) is 1. The summed E-state index contributed by atoms with van der Waals surface area (Å²) in [5.74, 6) is 4.38. The summed E-state index contributed by atoms with van der Waals surface area (Å²) < 4.78 is 11.3. The number of aliphatic carboxylic acids is 1. The number of carbonyl (C=O) groups excluding carboxylic acids is 1. The SMILES string of the molecule is CCC(C)(C)C(=O)O.CCC(C)(C)C(=O)OCOC1C2CC3CC(C2)CC1C3.CCC(C)c1ccc(O)cc1.CCC(C)c1ccc(O)cc1. The summed E-state index contributed by atoms with van der Waals surface area (Å²) in [4.78, 5) is 22.2. The van der Waals surface area contributed by atoms with Crippen molar-refractivity contribution in [2.24, 2.45) is 34.5 Å². The standard InChI is InChI=1S/C17H28O3.2C10H14O.C6H12O2/c1-4-17(2,3)16(18)20-10-19-15-13-6-11-5-12(8-13)9-14(15)7-11;2*1-3-8(2)9-4-6-10(11)7-5-9;1-4-6(2,3)5(7)8/h11-15H,4-10H2,1-3H3;2*4-8,11H,3H2,1-2H3;4H2,1-3H3,(H,7,8). The van der Waals surface area contributed by atoms with Gasteiger partial charge in [0.25, 0.3) is 0 Å². The summed E-state index contributed by atoms with van der Waals surface area (Å²) in [6.07, 6.45) is 10.9. The molecule has 0 heterocycles. The van der Waals surface area contributed by atoms with Crippen LogP contribution in [0.25, 0.3) is 0 Å². The molecule has 4 aliphatic carbocycles. The number of rotatable bonds is 11. The van der Waals surface area contributed by atoms with Crippen molar-refractivity contribution in [1.29, 1.82) is 0 Å². The zero-order valence-electron chi connectivity index (χ0n) is 32.7. The largest absolute Gasteiger partial charge is 0.508 e. The molecule has 0 aromatic heterocycles. The van der Waals surface area contributed by atoms with Crippen molar-refractivity contribution in [3.05, 3.63) is 59.7 Å². The Hall–Kier alpha value is -3.06. The van der Waals surface area contributed by atoms with Gasteiger partial charge in [-0.1, -0.05) is 65.8 Å². The van der Waals surface area contributed by atoms with Crippen LogP contribution in [-0.2, 0) is 19.1 Å². The highest BCUT2D eigenvalue weighted by molar-refractivity contribution is 5.75. The van der Waals surface area contributed by atoms with Crippen molar-refractivity contribution in [3.8, 4) is 11.5 Å². The fourth-order valence-electron chi connectivity index (χ4n) is 6.88. The van der Waals surface area contributed by atoms with E-state index in [1.165, 1.54) is 43.2 Å². The normalized spacial score (nSPS) is 23.1. The second kappa shape index (κ2) is 20.1. The minimum atomic E-state index is -0.722. The smallest absolute Gasteiger partial charge is 0.313 e. The molecule has 2 aromatic rings. The lowest BCUT2D eigenvalue weighted by Crippen LogP contribution is -2.49. The summed E-state index contributed by atoms with van der Waals surface area (Å²) in [7, 11) is 0. The molecular formula is C43H68O7. The zero-order valence-corrected chi connectivity index (χ0v) is 32.7. The van der Waals surface area contributed by atoms with E-state index in [9.17, 15) is 9.59 Å². The number of carbonyl (C=O) groups is 2. The number of phenols is 2. The predicted octanol–water partition coefficient (Wildman–Crippen LogP) is 11.1. The van der Waals surface area contributed by atoms with E-state index in [-0.39, 0.29) is 12.8 Å². The Morgan fingerprint density at radius 2 is 1.06 bits per heavy atom. The lowest BCUT2D eigenvalue weighted by atomic mass is 9.55. The summed E-state index contributed by atoms with van der Waals surface area (Å²) >= 11 is 0. The van der Waals surface area contributed by atoms with Crippen LogP contribution in [-0.4, -0.2) is 40.2 Å². The molecule has 4 bridgehead atoms. The first kappa shape index (κ1) is 43.1. The monoisotopic (exact) mass is 696 g/mol. The molecule has 4 fully saturated rings. The van der Waals surface area contributed by atoms with Crippen LogP contribution in [0, 0.1) is 34.5 Å². The van der Waals surface area contributed by atoms with Crippen LogP contribution in [0.4, 0.5) is 0 Å². The molecule has 0 aliphatic heterocycles. The summed E-state index contributed by atoms with van der Waals surface area (Å²) in [6.45, 7) is 20.0. The van der Waals surface area contributed by atoms with Gasteiger partial charge in [-0.3, -0.25) is 9.59 Å². The van der Waals surface area contributed by atoms with Crippen molar-refractivity contribution in [2.75, 3.05) is 6.79 Å². The lowest BCUT2D eigenvalue weighted by Gasteiger charge is -2.53. The van der Waals surface area contributed by atoms with Gasteiger partial charge in [0.15, 0.2) is 6.79 Å². The molecule has 50 heavy (non-hydrogen) atoms. The van der Waals surface area contributed by atoms with Gasteiger partial charge in [-0.2, -0.15) is 0 Å². The van der Waals surface area contributed by atoms with E-state index in [1.54, 1.807) is 38.1 Å². The molecule has 0 radical (unpaired) electrons. The first-order chi connectivity index (χ1) is 23.5. The third-order valence-electron chi connectivity index (χ3n) is 11.6. The van der Waals surface area contributed by atoms with E-state index in [0.29, 0.717) is 35.9 Å². The molecule has 2 unspecified atom stereocenters. The molecule has 0 saturated heterocycles. The molecule has 0 amide bonds. The summed E-state index contributed by atoms with van der Waals surface area (Å²) in [5, 5.41) is 26.5. The molecule has 4 aliphatic rings. The average molecular weight is 697 g/mol. The Morgan fingerprint density at radius 3 is 1.36 bits per heavy atom. The van der Waals surface area contributed by atoms with Crippen molar-refractivity contribution < 1.29 is 34.4 Å². The van der Waals surface area contributed by atoms with Gasteiger partial charge in [0, 0.05) is 0 Å². The molecule has 6 rings (SSSR count). The van der Waals surface area contributed by atoms with Crippen LogP contribution in [0.2, 0.25) is 0 Å². The number of ether oxygens (including phenoxy) is 2. The first-order valence-electron chi connectivity index (χ1n) is 19.1. The van der Waals surface area contributed by atoms with E-state index in [0.717, 1.165) is 42.9 Å². The highest BCUT2D eigenvalue weighted by atomic mass is 16.7. The lowest BCUT2D eigenvalue weighted by molar-refractivity contribution is -0.193. The van der Waals surface area contributed by atoms with Crippen LogP contribution < -0.4 is 0 Å². The van der Waals surface area contributed by atoms with E-state index in [2.05, 4.69) is 27.7 Å². The number of hydrogen-bond donors (Lipinski definition) is 3. The maximum Gasteiger partial charge on any atom is 0.313 e. The van der Waals surface area contributed by atoms with Crippen LogP contribution in [0.3, 0.4) is 0 Å². The molecule has 282 valence electrons. The molecule has 7 heteroatoms. The molecule has 0 spiro atoms. The highest BCUT2D eigenvalue weighted by Gasteiger charge is 2.49. The molecule has 3 N–H and O–H groups in total. The number of carboxylic acids is 1. The van der Waals surface area contributed by atoms with Gasteiger partial charge in [-0.25, -0.2) is 0 Å². The Labute approximate surface area is 303 Å².